The van der Waals surface area contributed by atoms with Crippen molar-refractivity contribution in [3.63, 3.8) is 0 Å². The third-order valence-electron chi connectivity index (χ3n) is 4.92. The second-order valence-corrected chi connectivity index (χ2v) is 6.98. The van der Waals surface area contributed by atoms with E-state index in [1.54, 1.807) is 47.6 Å². The fraction of sp³-hybridized carbons (Fsp3) is 0.182. The van der Waals surface area contributed by atoms with Crippen molar-refractivity contribution >= 4 is 23.4 Å². The van der Waals surface area contributed by atoms with Gasteiger partial charge in [-0.05, 0) is 35.9 Å². The highest BCUT2D eigenvalue weighted by molar-refractivity contribution is 5.97. The number of rotatable bonds is 5. The maximum atomic E-state index is 13.2. The first kappa shape index (κ1) is 19.5. The van der Waals surface area contributed by atoms with Crippen LogP contribution >= 0.6 is 0 Å². The van der Waals surface area contributed by atoms with Crippen LogP contribution in [-0.4, -0.2) is 28.5 Å². The molecule has 0 saturated carbocycles. The number of nitrogens with one attached hydrogen (secondary N) is 2. The third kappa shape index (κ3) is 4.60. The topological polar surface area (TPSA) is 87.2 Å². The molecule has 0 radical (unpaired) electrons. The molecule has 3 heterocycles. The van der Waals surface area contributed by atoms with Gasteiger partial charge in [-0.2, -0.15) is 0 Å². The Hall–Kier alpha value is -3.81. The van der Waals surface area contributed by atoms with Crippen molar-refractivity contribution in [2.24, 2.45) is 0 Å². The highest BCUT2D eigenvalue weighted by Gasteiger charge is 2.31. The maximum absolute atomic E-state index is 13.2. The van der Waals surface area contributed by atoms with Crippen molar-refractivity contribution in [2.45, 2.75) is 18.9 Å². The minimum absolute atomic E-state index is 0.00987. The first-order valence-electron chi connectivity index (χ1n) is 9.55. The number of carbonyl (C=O) groups is 2. The SMILES string of the molecule is O=C(NCc1ccccn1)Nc1cc(N2CC(c3ccc(F)cc3)CC2=O)ccn1. The first-order valence-corrected chi connectivity index (χ1v) is 9.55. The molecule has 3 aromatic rings. The maximum Gasteiger partial charge on any atom is 0.320 e. The summed E-state index contributed by atoms with van der Waals surface area (Å²) in [7, 11) is 0. The number of urea groups is 1. The summed E-state index contributed by atoms with van der Waals surface area (Å²) in [5, 5.41) is 5.39. The molecule has 3 amide bonds. The Kier molecular flexibility index (Phi) is 5.65. The van der Waals surface area contributed by atoms with Crippen LogP contribution in [-0.2, 0) is 11.3 Å². The zero-order valence-corrected chi connectivity index (χ0v) is 16.1. The van der Waals surface area contributed by atoms with Crippen molar-refractivity contribution in [2.75, 3.05) is 16.8 Å². The van der Waals surface area contributed by atoms with E-state index < -0.39 is 6.03 Å². The van der Waals surface area contributed by atoms with E-state index in [1.807, 2.05) is 12.1 Å². The van der Waals surface area contributed by atoms with E-state index in [0.29, 0.717) is 24.5 Å². The van der Waals surface area contributed by atoms with Crippen molar-refractivity contribution < 1.29 is 14.0 Å². The number of nitrogens with zero attached hydrogens (tertiary/aromatic N) is 3. The van der Waals surface area contributed by atoms with Crippen LogP contribution in [0.25, 0.3) is 0 Å². The van der Waals surface area contributed by atoms with Crippen molar-refractivity contribution in [1.82, 2.24) is 15.3 Å². The van der Waals surface area contributed by atoms with Gasteiger partial charge in [-0.1, -0.05) is 18.2 Å². The third-order valence-corrected chi connectivity index (χ3v) is 4.92. The Morgan fingerprint density at radius 2 is 1.93 bits per heavy atom. The molecule has 1 aliphatic rings. The van der Waals surface area contributed by atoms with E-state index in [4.69, 9.17) is 0 Å². The lowest BCUT2D eigenvalue weighted by Crippen LogP contribution is -2.29. The second-order valence-electron chi connectivity index (χ2n) is 6.98. The van der Waals surface area contributed by atoms with Gasteiger partial charge in [0.05, 0.1) is 12.2 Å². The van der Waals surface area contributed by atoms with E-state index in [2.05, 4.69) is 20.6 Å². The minimum atomic E-state index is -0.415. The molecule has 8 heteroatoms. The first-order chi connectivity index (χ1) is 14.6. The van der Waals surface area contributed by atoms with Gasteiger partial charge in [0.15, 0.2) is 0 Å². The van der Waals surface area contributed by atoms with Crippen molar-refractivity contribution in [3.8, 4) is 0 Å². The molecule has 0 bridgehead atoms. The van der Waals surface area contributed by atoms with Gasteiger partial charge in [0, 0.05) is 43.0 Å². The molecule has 1 fully saturated rings. The van der Waals surface area contributed by atoms with Gasteiger partial charge in [-0.15, -0.1) is 0 Å². The molecule has 1 saturated heterocycles. The summed E-state index contributed by atoms with van der Waals surface area (Å²) in [4.78, 5) is 34.6. The number of hydrogen-bond acceptors (Lipinski definition) is 4. The number of anilines is 2. The molecule has 1 atom stereocenters. The number of carbonyl (C=O) groups excluding carboxylic acids is 2. The van der Waals surface area contributed by atoms with Gasteiger partial charge in [0.1, 0.15) is 11.6 Å². The molecular formula is C22H20FN5O2. The Balaban J connectivity index is 1.39. The van der Waals surface area contributed by atoms with E-state index in [0.717, 1.165) is 11.3 Å². The summed E-state index contributed by atoms with van der Waals surface area (Å²) in [6.45, 7) is 0.774. The standard InChI is InChI=1S/C22H20FN5O2/c23-17-6-4-15(5-7-17)16-11-21(29)28(14-16)19-8-10-25-20(12-19)27-22(30)26-13-18-3-1-2-9-24-18/h1-10,12,16H,11,13-14H2,(H2,25,26,27,30). The molecule has 152 valence electrons. The summed E-state index contributed by atoms with van der Waals surface area (Å²) in [6, 6.07) is 14.7. The van der Waals surface area contributed by atoms with Crippen LogP contribution in [0.15, 0.2) is 67.0 Å². The highest BCUT2D eigenvalue weighted by atomic mass is 19.1. The van der Waals surface area contributed by atoms with Crippen LogP contribution in [0.1, 0.15) is 23.6 Å². The van der Waals surface area contributed by atoms with Crippen molar-refractivity contribution in [3.05, 3.63) is 84.1 Å². The lowest BCUT2D eigenvalue weighted by molar-refractivity contribution is -0.117. The fourth-order valence-electron chi connectivity index (χ4n) is 3.41. The monoisotopic (exact) mass is 405 g/mol. The molecule has 7 nitrogen and oxygen atoms in total. The molecule has 1 aliphatic heterocycles. The Morgan fingerprint density at radius 3 is 2.70 bits per heavy atom. The average molecular weight is 405 g/mol. The molecule has 30 heavy (non-hydrogen) atoms. The summed E-state index contributed by atoms with van der Waals surface area (Å²) >= 11 is 0. The largest absolute Gasteiger partial charge is 0.332 e. The zero-order chi connectivity index (χ0) is 20.9. The van der Waals surface area contributed by atoms with E-state index >= 15 is 0 Å². The number of aromatic nitrogens is 2. The summed E-state index contributed by atoms with van der Waals surface area (Å²) in [6.07, 6.45) is 3.55. The minimum Gasteiger partial charge on any atom is -0.332 e. The Labute approximate surface area is 173 Å². The Morgan fingerprint density at radius 1 is 1.10 bits per heavy atom. The van der Waals surface area contributed by atoms with E-state index in [1.165, 1.54) is 12.1 Å². The summed E-state index contributed by atoms with van der Waals surface area (Å²) in [5.74, 6) is 0.000536. The molecule has 2 aromatic heterocycles. The number of benzene rings is 1. The molecule has 0 spiro atoms. The van der Waals surface area contributed by atoms with Crippen LogP contribution in [0.4, 0.5) is 20.7 Å². The molecular weight excluding hydrogens is 385 g/mol. The number of amides is 3. The number of pyridine rings is 2. The Bertz CT molecular complexity index is 1040. The van der Waals surface area contributed by atoms with Gasteiger partial charge in [-0.3, -0.25) is 15.1 Å². The van der Waals surface area contributed by atoms with Crippen LogP contribution in [0.2, 0.25) is 0 Å². The predicted octanol–water partition coefficient (Wildman–Crippen LogP) is 3.46. The lowest BCUT2D eigenvalue weighted by Gasteiger charge is -2.18. The van der Waals surface area contributed by atoms with E-state index in [9.17, 15) is 14.0 Å². The van der Waals surface area contributed by atoms with Gasteiger partial charge in [0.2, 0.25) is 5.91 Å². The molecule has 1 aromatic carbocycles. The zero-order valence-electron chi connectivity index (χ0n) is 16.1. The van der Waals surface area contributed by atoms with Crippen LogP contribution in [0, 0.1) is 5.82 Å². The lowest BCUT2D eigenvalue weighted by atomic mass is 9.98. The van der Waals surface area contributed by atoms with Gasteiger partial charge in [0.25, 0.3) is 0 Å². The predicted molar refractivity (Wildman–Crippen MR) is 110 cm³/mol. The highest BCUT2D eigenvalue weighted by Crippen LogP contribution is 2.32. The summed E-state index contributed by atoms with van der Waals surface area (Å²) in [5.41, 5.74) is 2.32. The van der Waals surface area contributed by atoms with Crippen molar-refractivity contribution in [1.29, 1.82) is 0 Å². The summed E-state index contributed by atoms with van der Waals surface area (Å²) < 4.78 is 13.2. The van der Waals surface area contributed by atoms with Gasteiger partial charge >= 0.3 is 6.03 Å². The molecule has 0 aliphatic carbocycles. The average Bonchev–Trinajstić information content (AvgIpc) is 3.15. The molecule has 2 N–H and O–H groups in total. The van der Waals surface area contributed by atoms with Crippen LogP contribution in [0.5, 0.6) is 0 Å². The smallest absolute Gasteiger partial charge is 0.320 e. The number of hydrogen-bond donors (Lipinski definition) is 2. The normalized spacial score (nSPS) is 15.8. The quantitative estimate of drug-likeness (QED) is 0.681. The second kappa shape index (κ2) is 8.69. The van der Waals surface area contributed by atoms with Crippen LogP contribution in [0.3, 0.4) is 0 Å². The van der Waals surface area contributed by atoms with Crippen LogP contribution < -0.4 is 15.5 Å². The van der Waals surface area contributed by atoms with Gasteiger partial charge < -0.3 is 10.2 Å². The fourth-order valence-corrected chi connectivity index (χ4v) is 3.41. The van der Waals surface area contributed by atoms with Gasteiger partial charge in [-0.25, -0.2) is 14.2 Å². The van der Waals surface area contributed by atoms with E-state index in [-0.39, 0.29) is 24.2 Å². The molecule has 4 rings (SSSR count). The number of halogens is 1. The molecule has 1 unspecified atom stereocenters.